The number of rotatable bonds is 5. The topological polar surface area (TPSA) is 76.1 Å². The van der Waals surface area contributed by atoms with Crippen LogP contribution >= 0.6 is 0 Å². The van der Waals surface area contributed by atoms with Crippen LogP contribution in [-0.2, 0) is 20.5 Å². The number of carboxylic acid groups (broad SMARTS) is 1. The van der Waals surface area contributed by atoms with E-state index in [2.05, 4.69) is 0 Å². The van der Waals surface area contributed by atoms with Crippen LogP contribution in [0.1, 0.15) is 12.0 Å². The molecular weight excluding hydrogens is 331 g/mol. The van der Waals surface area contributed by atoms with Crippen molar-refractivity contribution >= 4 is 11.9 Å². The Bertz CT molecular complexity index is 602. The fourth-order valence-electron chi connectivity index (χ4n) is 2.45. The van der Waals surface area contributed by atoms with E-state index in [9.17, 15) is 22.8 Å². The van der Waals surface area contributed by atoms with Crippen LogP contribution in [0.25, 0.3) is 0 Å². The first-order chi connectivity index (χ1) is 11.2. The summed E-state index contributed by atoms with van der Waals surface area (Å²) >= 11 is 0. The highest BCUT2D eigenvalue weighted by molar-refractivity contribution is 5.85. The van der Waals surface area contributed by atoms with Gasteiger partial charge in [-0.05, 0) is 24.3 Å². The second-order valence-electron chi connectivity index (χ2n) is 5.30. The van der Waals surface area contributed by atoms with E-state index in [-0.39, 0.29) is 24.8 Å². The van der Waals surface area contributed by atoms with Gasteiger partial charge in [0, 0.05) is 20.1 Å². The molecule has 2 atom stereocenters. The number of ether oxygens (including phenoxy) is 2. The molecule has 0 radical (unpaired) electrons. The van der Waals surface area contributed by atoms with Crippen LogP contribution in [0.15, 0.2) is 24.3 Å². The molecule has 0 aromatic heterocycles. The van der Waals surface area contributed by atoms with Crippen molar-refractivity contribution in [2.24, 2.45) is 0 Å². The summed E-state index contributed by atoms with van der Waals surface area (Å²) in [4.78, 5) is 24.4. The molecule has 6 nitrogen and oxygen atoms in total. The van der Waals surface area contributed by atoms with Crippen molar-refractivity contribution in [3.8, 4) is 5.75 Å². The zero-order valence-corrected chi connectivity index (χ0v) is 12.7. The highest BCUT2D eigenvalue weighted by atomic mass is 19.4. The number of carboxylic acids is 1. The van der Waals surface area contributed by atoms with E-state index in [4.69, 9.17) is 14.6 Å². The van der Waals surface area contributed by atoms with Gasteiger partial charge in [0.2, 0.25) is 0 Å². The maximum absolute atomic E-state index is 12.5. The number of methoxy groups -OCH3 is 1. The largest absolute Gasteiger partial charge is 0.484 e. The number of hydrogen-bond donors (Lipinski definition) is 1. The Kier molecular flexibility index (Phi) is 5.33. The lowest BCUT2D eigenvalue weighted by Gasteiger charge is -2.21. The van der Waals surface area contributed by atoms with Crippen molar-refractivity contribution in [2.45, 2.75) is 24.7 Å². The van der Waals surface area contributed by atoms with Gasteiger partial charge in [0.15, 0.2) is 6.61 Å². The molecule has 1 fully saturated rings. The van der Waals surface area contributed by atoms with Gasteiger partial charge in [0.25, 0.3) is 5.91 Å². The predicted octanol–water partition coefficient (Wildman–Crippen LogP) is 1.78. The smallest absolute Gasteiger partial charge is 0.416 e. The molecule has 0 bridgehead atoms. The molecule has 2 unspecified atom stereocenters. The van der Waals surface area contributed by atoms with E-state index in [0.29, 0.717) is 0 Å². The highest BCUT2D eigenvalue weighted by Gasteiger charge is 2.39. The molecule has 1 aliphatic rings. The van der Waals surface area contributed by atoms with Crippen molar-refractivity contribution in [1.29, 1.82) is 0 Å². The fraction of sp³-hybridized carbons (Fsp3) is 0.467. The summed E-state index contributed by atoms with van der Waals surface area (Å²) in [5.41, 5.74) is -0.824. The molecule has 2 rings (SSSR count). The fourth-order valence-corrected chi connectivity index (χ4v) is 2.45. The van der Waals surface area contributed by atoms with Crippen LogP contribution in [0.3, 0.4) is 0 Å². The number of hydrogen-bond acceptors (Lipinski definition) is 4. The van der Waals surface area contributed by atoms with Gasteiger partial charge in [-0.2, -0.15) is 13.2 Å². The van der Waals surface area contributed by atoms with Gasteiger partial charge in [-0.15, -0.1) is 0 Å². The molecule has 0 aliphatic carbocycles. The van der Waals surface area contributed by atoms with Crippen LogP contribution in [-0.4, -0.2) is 54.3 Å². The molecule has 24 heavy (non-hydrogen) atoms. The summed E-state index contributed by atoms with van der Waals surface area (Å²) in [5.74, 6) is -1.62. The third-order valence-electron chi connectivity index (χ3n) is 3.75. The van der Waals surface area contributed by atoms with Crippen molar-refractivity contribution in [3.63, 3.8) is 0 Å². The molecule has 1 amide bonds. The quantitative estimate of drug-likeness (QED) is 0.879. The lowest BCUT2D eigenvalue weighted by molar-refractivity contribution is -0.148. The van der Waals surface area contributed by atoms with E-state index < -0.39 is 36.3 Å². The summed E-state index contributed by atoms with van der Waals surface area (Å²) < 4.78 is 47.6. The molecule has 1 aromatic carbocycles. The number of carbonyl (C=O) groups excluding carboxylic acids is 1. The standard InChI is InChI=1S/C15H16F3NO5/c1-23-11-6-12(14(21)22)19(7-11)13(20)8-24-10-4-2-9(3-5-10)15(16,17)18/h2-5,11-12H,6-8H2,1H3,(H,21,22). The van der Waals surface area contributed by atoms with Gasteiger partial charge in [0.1, 0.15) is 11.8 Å². The van der Waals surface area contributed by atoms with Crippen LogP contribution < -0.4 is 4.74 Å². The van der Waals surface area contributed by atoms with E-state index in [1.165, 1.54) is 7.11 Å². The van der Waals surface area contributed by atoms with Crippen LogP contribution in [0.4, 0.5) is 13.2 Å². The van der Waals surface area contributed by atoms with E-state index in [1.54, 1.807) is 0 Å². The van der Waals surface area contributed by atoms with Crippen molar-refractivity contribution in [3.05, 3.63) is 29.8 Å². The molecule has 9 heteroatoms. The minimum atomic E-state index is -4.45. The van der Waals surface area contributed by atoms with Gasteiger partial charge in [-0.25, -0.2) is 4.79 Å². The minimum Gasteiger partial charge on any atom is -0.484 e. The average molecular weight is 347 g/mol. The number of nitrogens with zero attached hydrogens (tertiary/aromatic N) is 1. The van der Waals surface area contributed by atoms with Gasteiger partial charge in [-0.1, -0.05) is 0 Å². The van der Waals surface area contributed by atoms with E-state index >= 15 is 0 Å². The predicted molar refractivity (Wildman–Crippen MR) is 75.5 cm³/mol. The number of alkyl halides is 3. The van der Waals surface area contributed by atoms with Gasteiger partial charge < -0.3 is 19.5 Å². The summed E-state index contributed by atoms with van der Waals surface area (Å²) in [7, 11) is 1.43. The van der Waals surface area contributed by atoms with Gasteiger partial charge in [-0.3, -0.25) is 4.79 Å². The number of aliphatic carboxylic acids is 1. The normalized spacial score (nSPS) is 20.9. The van der Waals surface area contributed by atoms with Crippen molar-refractivity contribution < 1.29 is 37.3 Å². The van der Waals surface area contributed by atoms with Crippen LogP contribution in [0.5, 0.6) is 5.75 Å². The summed E-state index contributed by atoms with van der Waals surface area (Å²) in [6, 6.07) is 2.89. The Morgan fingerprint density at radius 1 is 1.29 bits per heavy atom. The monoisotopic (exact) mass is 347 g/mol. The Labute approximate surface area is 135 Å². The molecule has 1 saturated heterocycles. The lowest BCUT2D eigenvalue weighted by Crippen LogP contribution is -2.43. The summed E-state index contributed by atoms with van der Waals surface area (Å²) in [5, 5.41) is 9.14. The maximum atomic E-state index is 12.5. The molecule has 0 spiro atoms. The number of benzene rings is 1. The third-order valence-corrected chi connectivity index (χ3v) is 3.75. The molecule has 0 saturated carbocycles. The minimum absolute atomic E-state index is 0.0886. The molecule has 1 aliphatic heterocycles. The number of halogens is 3. The van der Waals surface area contributed by atoms with Crippen LogP contribution in [0.2, 0.25) is 0 Å². The zero-order valence-electron chi connectivity index (χ0n) is 12.7. The van der Waals surface area contributed by atoms with E-state index in [1.807, 2.05) is 0 Å². The number of likely N-dealkylation sites (tertiary alicyclic amines) is 1. The Morgan fingerprint density at radius 2 is 1.92 bits per heavy atom. The molecule has 1 aromatic rings. The molecular formula is C15H16F3NO5. The Balaban J connectivity index is 1.96. The average Bonchev–Trinajstić information content (AvgIpc) is 2.97. The Morgan fingerprint density at radius 3 is 2.42 bits per heavy atom. The lowest BCUT2D eigenvalue weighted by atomic mass is 10.2. The first-order valence-electron chi connectivity index (χ1n) is 7.07. The second-order valence-corrected chi connectivity index (χ2v) is 5.30. The van der Waals surface area contributed by atoms with E-state index in [0.717, 1.165) is 29.2 Å². The van der Waals surface area contributed by atoms with Crippen LogP contribution in [0, 0.1) is 0 Å². The highest BCUT2D eigenvalue weighted by Crippen LogP contribution is 2.30. The Hall–Kier alpha value is -2.29. The SMILES string of the molecule is COC1CC(C(=O)O)N(C(=O)COc2ccc(C(F)(F)F)cc2)C1. The number of amides is 1. The maximum Gasteiger partial charge on any atom is 0.416 e. The molecule has 1 N–H and O–H groups in total. The number of carbonyl (C=O) groups is 2. The summed E-state index contributed by atoms with van der Waals surface area (Å²) in [6.45, 7) is -0.339. The second kappa shape index (κ2) is 7.08. The zero-order chi connectivity index (χ0) is 17.9. The molecule has 1 heterocycles. The van der Waals surface area contributed by atoms with Crippen molar-refractivity contribution in [1.82, 2.24) is 4.90 Å². The first kappa shape index (κ1) is 18.1. The first-order valence-corrected chi connectivity index (χ1v) is 7.07. The molecule has 132 valence electrons. The third kappa shape index (κ3) is 4.16. The summed E-state index contributed by atoms with van der Waals surface area (Å²) in [6.07, 6.45) is -4.65. The van der Waals surface area contributed by atoms with Gasteiger partial charge in [0.05, 0.1) is 11.7 Å². The van der Waals surface area contributed by atoms with Gasteiger partial charge >= 0.3 is 12.1 Å². The van der Waals surface area contributed by atoms with Crippen molar-refractivity contribution in [2.75, 3.05) is 20.3 Å².